The van der Waals surface area contributed by atoms with E-state index in [-0.39, 0.29) is 30.3 Å². The molecule has 1 atom stereocenters. The zero-order chi connectivity index (χ0) is 28.2. The highest BCUT2D eigenvalue weighted by Crippen LogP contribution is 2.38. The van der Waals surface area contributed by atoms with Crippen molar-refractivity contribution in [1.29, 1.82) is 0 Å². The number of aliphatic carboxylic acids is 1. The van der Waals surface area contributed by atoms with Crippen molar-refractivity contribution >= 4 is 56.0 Å². The van der Waals surface area contributed by atoms with E-state index in [0.29, 0.717) is 29.9 Å². The second-order valence-corrected chi connectivity index (χ2v) is 10.5. The molecule has 10 heteroatoms. The van der Waals surface area contributed by atoms with Gasteiger partial charge in [-0.3, -0.25) is 9.59 Å². The molecule has 0 saturated carbocycles. The highest BCUT2D eigenvalue weighted by Gasteiger charge is 2.34. The molecule has 0 radical (unpaired) electrons. The van der Waals surface area contributed by atoms with Gasteiger partial charge >= 0.3 is 5.97 Å². The summed E-state index contributed by atoms with van der Waals surface area (Å²) in [6.07, 6.45) is 2.43. The van der Waals surface area contributed by atoms with Crippen molar-refractivity contribution in [3.05, 3.63) is 87.7 Å². The number of ether oxygens (including phenoxy) is 1. The molecule has 4 aromatic rings. The normalized spacial score (nSPS) is 14.8. The van der Waals surface area contributed by atoms with Crippen molar-refractivity contribution in [2.45, 2.75) is 38.6 Å². The number of rotatable bonds is 9. The maximum Gasteiger partial charge on any atom is 0.303 e. The standard InChI is InChI=1S/C30H26BrClN4O4/c1-2-40-22-12-10-20-14-23(30(32)34-24(20)15-22)26-16-25(35-36(26)28(37)4-3-5-29(38)39)19-8-6-18(7-9-19)21-11-13-27(31)33-17-21/h6-15,17,26H,2-5,16H2,1H3,(H,38,39). The second-order valence-electron chi connectivity index (χ2n) is 9.36. The van der Waals surface area contributed by atoms with Crippen molar-refractivity contribution in [2.75, 3.05) is 6.61 Å². The topological polar surface area (TPSA) is 105 Å². The fourth-order valence-electron chi connectivity index (χ4n) is 4.69. The first-order chi connectivity index (χ1) is 19.3. The molecule has 1 amide bonds. The van der Waals surface area contributed by atoms with Crippen LogP contribution in [0.4, 0.5) is 0 Å². The molecule has 5 rings (SSSR count). The van der Waals surface area contributed by atoms with E-state index in [1.807, 2.05) is 67.6 Å². The number of amides is 1. The molecule has 1 aliphatic rings. The Labute approximate surface area is 244 Å². The van der Waals surface area contributed by atoms with Crippen molar-refractivity contribution in [2.24, 2.45) is 5.10 Å². The minimum atomic E-state index is -0.941. The fourth-order valence-corrected chi connectivity index (χ4v) is 5.20. The zero-order valence-corrected chi connectivity index (χ0v) is 24.0. The number of halogens is 2. The van der Waals surface area contributed by atoms with Crippen LogP contribution < -0.4 is 4.74 Å². The van der Waals surface area contributed by atoms with Crippen molar-refractivity contribution in [3.63, 3.8) is 0 Å². The molecule has 8 nitrogen and oxygen atoms in total. The molecule has 2 aromatic heterocycles. The van der Waals surface area contributed by atoms with Crippen LogP contribution >= 0.6 is 27.5 Å². The van der Waals surface area contributed by atoms with E-state index in [1.54, 1.807) is 6.20 Å². The first kappa shape index (κ1) is 27.7. The van der Waals surface area contributed by atoms with Crippen molar-refractivity contribution < 1.29 is 19.4 Å². The van der Waals surface area contributed by atoms with Gasteiger partial charge in [-0.05, 0) is 64.7 Å². The summed E-state index contributed by atoms with van der Waals surface area (Å²) in [4.78, 5) is 33.2. The van der Waals surface area contributed by atoms with Gasteiger partial charge in [0.05, 0.1) is 23.9 Å². The molecular formula is C30H26BrClN4O4. The van der Waals surface area contributed by atoms with Crippen molar-refractivity contribution in [3.8, 4) is 16.9 Å². The summed E-state index contributed by atoms with van der Waals surface area (Å²) >= 11 is 10.1. The number of carbonyl (C=O) groups is 2. The lowest BCUT2D eigenvalue weighted by molar-refractivity contribution is -0.137. The van der Waals surface area contributed by atoms with Gasteiger partial charge in [0.1, 0.15) is 15.5 Å². The van der Waals surface area contributed by atoms with E-state index in [4.69, 9.17) is 26.5 Å². The smallest absolute Gasteiger partial charge is 0.303 e. The molecule has 1 N–H and O–H groups in total. The first-order valence-electron chi connectivity index (χ1n) is 12.9. The van der Waals surface area contributed by atoms with E-state index >= 15 is 0 Å². The molecular weight excluding hydrogens is 596 g/mol. The number of aromatic nitrogens is 2. The van der Waals surface area contributed by atoms with Gasteiger partial charge in [-0.2, -0.15) is 5.10 Å². The molecule has 0 spiro atoms. The quantitative estimate of drug-likeness (QED) is 0.201. The Bertz CT molecular complexity index is 1590. The third-order valence-electron chi connectivity index (χ3n) is 6.67. The molecule has 2 aromatic carbocycles. The average molecular weight is 622 g/mol. The monoisotopic (exact) mass is 620 g/mol. The molecule has 204 valence electrons. The number of hydrazone groups is 1. The third kappa shape index (κ3) is 6.16. The summed E-state index contributed by atoms with van der Waals surface area (Å²) in [6.45, 7) is 2.46. The average Bonchev–Trinajstić information content (AvgIpc) is 3.38. The highest BCUT2D eigenvalue weighted by atomic mass is 79.9. The molecule has 0 aliphatic carbocycles. The van der Waals surface area contributed by atoms with Gasteiger partial charge in [0.2, 0.25) is 5.91 Å². The Hall–Kier alpha value is -3.82. The molecule has 0 saturated heterocycles. The summed E-state index contributed by atoms with van der Waals surface area (Å²) in [6, 6.07) is 18.9. The lowest BCUT2D eigenvalue weighted by Crippen LogP contribution is -2.27. The largest absolute Gasteiger partial charge is 0.494 e. The molecule has 1 aliphatic heterocycles. The fraction of sp³-hybridized carbons (Fsp3) is 0.233. The van der Waals surface area contributed by atoms with Crippen LogP contribution in [0.5, 0.6) is 5.75 Å². The predicted octanol–water partition coefficient (Wildman–Crippen LogP) is 7.04. The molecule has 0 fully saturated rings. The van der Waals surface area contributed by atoms with Crippen LogP contribution in [0, 0.1) is 0 Å². The van der Waals surface area contributed by atoms with Crippen LogP contribution in [0.3, 0.4) is 0 Å². The number of carboxylic acids is 1. The Kier molecular flexibility index (Phi) is 8.42. The summed E-state index contributed by atoms with van der Waals surface area (Å²) in [5.41, 5.74) is 4.98. The number of hydrogen-bond donors (Lipinski definition) is 1. The van der Waals surface area contributed by atoms with E-state index < -0.39 is 12.0 Å². The highest BCUT2D eigenvalue weighted by molar-refractivity contribution is 9.10. The van der Waals surface area contributed by atoms with Gasteiger partial charge < -0.3 is 9.84 Å². The van der Waals surface area contributed by atoms with Gasteiger partial charge in [-0.15, -0.1) is 0 Å². The van der Waals surface area contributed by atoms with Gasteiger partial charge in [0, 0.05) is 48.0 Å². The Morgan fingerprint density at radius 3 is 2.50 bits per heavy atom. The van der Waals surface area contributed by atoms with Gasteiger partial charge in [-0.25, -0.2) is 15.0 Å². The Balaban J connectivity index is 1.46. The van der Waals surface area contributed by atoms with Gasteiger partial charge in [0.15, 0.2) is 0 Å². The van der Waals surface area contributed by atoms with E-state index in [2.05, 4.69) is 25.9 Å². The first-order valence-corrected chi connectivity index (χ1v) is 14.1. The number of carboxylic acid groups (broad SMARTS) is 1. The van der Waals surface area contributed by atoms with Gasteiger partial charge in [-0.1, -0.05) is 41.9 Å². The Morgan fingerprint density at radius 2 is 1.80 bits per heavy atom. The number of hydrogen-bond acceptors (Lipinski definition) is 6. The summed E-state index contributed by atoms with van der Waals surface area (Å²) in [5.74, 6) is -0.499. The lowest BCUT2D eigenvalue weighted by Gasteiger charge is -2.23. The maximum atomic E-state index is 13.3. The van der Waals surface area contributed by atoms with Crippen LogP contribution in [0.25, 0.3) is 22.0 Å². The number of nitrogens with zero attached hydrogens (tertiary/aromatic N) is 4. The van der Waals surface area contributed by atoms with Crippen LogP contribution in [0.2, 0.25) is 5.15 Å². The number of fused-ring (bicyclic) bond motifs is 1. The van der Waals surface area contributed by atoms with Crippen LogP contribution in [0.1, 0.15) is 49.8 Å². The van der Waals surface area contributed by atoms with E-state index in [1.165, 1.54) is 5.01 Å². The second kappa shape index (κ2) is 12.1. The zero-order valence-electron chi connectivity index (χ0n) is 21.7. The summed E-state index contributed by atoms with van der Waals surface area (Å²) in [5, 5.41) is 16.3. The predicted molar refractivity (Wildman–Crippen MR) is 158 cm³/mol. The molecule has 1 unspecified atom stereocenters. The summed E-state index contributed by atoms with van der Waals surface area (Å²) < 4.78 is 6.36. The number of pyridine rings is 2. The summed E-state index contributed by atoms with van der Waals surface area (Å²) in [7, 11) is 0. The number of benzene rings is 2. The minimum absolute atomic E-state index is 0.0609. The SMILES string of the molecule is CCOc1ccc2cc(C3CC(c4ccc(-c5ccc(Br)nc5)cc4)=NN3C(=O)CCCC(=O)O)c(Cl)nc2c1. The maximum absolute atomic E-state index is 13.3. The lowest BCUT2D eigenvalue weighted by atomic mass is 9.97. The molecule has 40 heavy (non-hydrogen) atoms. The van der Waals surface area contributed by atoms with Gasteiger partial charge in [0.25, 0.3) is 0 Å². The van der Waals surface area contributed by atoms with E-state index in [9.17, 15) is 9.59 Å². The van der Waals surface area contributed by atoms with Crippen molar-refractivity contribution in [1.82, 2.24) is 15.0 Å². The van der Waals surface area contributed by atoms with E-state index in [0.717, 1.165) is 32.4 Å². The minimum Gasteiger partial charge on any atom is -0.494 e. The van der Waals surface area contributed by atoms with Crippen LogP contribution in [-0.2, 0) is 9.59 Å². The van der Waals surface area contributed by atoms with Crippen LogP contribution in [0.15, 0.2) is 76.6 Å². The van der Waals surface area contributed by atoms with Crippen LogP contribution in [-0.4, -0.2) is 44.3 Å². The Morgan fingerprint density at radius 1 is 1.05 bits per heavy atom. The molecule has 3 heterocycles. The third-order valence-corrected chi connectivity index (χ3v) is 7.44. The molecule has 0 bridgehead atoms. The number of carbonyl (C=O) groups excluding carboxylic acids is 1.